The lowest BCUT2D eigenvalue weighted by Crippen LogP contribution is -2.59. The third-order valence-electron chi connectivity index (χ3n) is 5.85. The first-order chi connectivity index (χ1) is 13.8. The van der Waals surface area contributed by atoms with E-state index in [1.165, 1.54) is 0 Å². The first-order valence-electron chi connectivity index (χ1n) is 9.88. The highest BCUT2D eigenvalue weighted by Crippen LogP contribution is 2.45. The molecule has 1 aromatic heterocycles. The molecule has 6 nitrogen and oxygen atoms in total. The first-order valence-corrected chi connectivity index (χ1v) is 9.88. The van der Waals surface area contributed by atoms with Crippen LogP contribution in [-0.2, 0) is 23.7 Å². The van der Waals surface area contributed by atoms with E-state index in [1.807, 2.05) is 39.1 Å². The molecular weight excluding hydrogens is 378 g/mol. The Kier molecular flexibility index (Phi) is 5.27. The van der Waals surface area contributed by atoms with Crippen molar-refractivity contribution >= 4 is 5.95 Å². The van der Waals surface area contributed by atoms with Gasteiger partial charge in [0.1, 0.15) is 5.69 Å². The van der Waals surface area contributed by atoms with E-state index >= 15 is 0 Å². The van der Waals surface area contributed by atoms with Gasteiger partial charge in [0.25, 0.3) is 5.92 Å². The second kappa shape index (κ2) is 7.59. The monoisotopic (exact) mass is 404 g/mol. The Balaban J connectivity index is 1.77. The zero-order valence-corrected chi connectivity index (χ0v) is 16.9. The number of halogens is 2. The number of nitrogens with zero attached hydrogens (tertiary/aromatic N) is 3. The van der Waals surface area contributed by atoms with E-state index in [2.05, 4.69) is 15.3 Å². The summed E-state index contributed by atoms with van der Waals surface area (Å²) < 4.78 is 34.7. The minimum Gasteiger partial charge on any atom is -0.389 e. The smallest absolute Gasteiger partial charge is 0.290 e. The molecule has 156 valence electrons. The molecule has 4 rings (SSSR count). The average molecular weight is 404 g/mol. The van der Waals surface area contributed by atoms with Gasteiger partial charge in [-0.25, -0.2) is 9.97 Å². The Morgan fingerprint density at radius 1 is 1.34 bits per heavy atom. The number of fused-ring (bicyclic) bond motifs is 1. The molecule has 1 aliphatic carbocycles. The quantitative estimate of drug-likeness (QED) is 0.570. The number of aromatic nitrogens is 2. The van der Waals surface area contributed by atoms with Crippen molar-refractivity contribution in [1.82, 2.24) is 15.3 Å². The van der Waals surface area contributed by atoms with Gasteiger partial charge in [-0.05, 0) is 44.5 Å². The lowest BCUT2D eigenvalue weighted by molar-refractivity contribution is -0.00603. The molecule has 2 atom stereocenters. The summed E-state index contributed by atoms with van der Waals surface area (Å²) in [6.07, 6.45) is -0.503. The standard InChI is InChI=1S/C21H26F2N4O2/c1-12-4-5-14(8-15(12)10-29-11-24-3)18-16-6-7-21(22,23)19(16)26-20(25-18)27-9-17(28)13(27)2/h4-5,8,13,17,24,28H,6-7,9-11H2,1-3H3/t13-,17?/m0/s1. The molecule has 0 saturated carbocycles. The van der Waals surface area contributed by atoms with E-state index in [0.717, 1.165) is 16.7 Å². The van der Waals surface area contributed by atoms with Crippen molar-refractivity contribution in [2.24, 2.45) is 0 Å². The van der Waals surface area contributed by atoms with Crippen molar-refractivity contribution in [1.29, 1.82) is 0 Å². The Labute approximate surface area is 168 Å². The van der Waals surface area contributed by atoms with Gasteiger partial charge in [0.15, 0.2) is 0 Å². The summed E-state index contributed by atoms with van der Waals surface area (Å²) in [5, 5.41) is 12.8. The fourth-order valence-electron chi connectivity index (χ4n) is 3.87. The number of aryl methyl sites for hydroxylation is 1. The Hall–Kier alpha value is -2.16. The lowest BCUT2D eigenvalue weighted by Gasteiger charge is -2.43. The molecular formula is C21H26F2N4O2. The molecule has 2 N–H and O–H groups in total. The molecule has 2 aliphatic rings. The second-order valence-corrected chi connectivity index (χ2v) is 7.85. The molecule has 1 saturated heterocycles. The van der Waals surface area contributed by atoms with Crippen LogP contribution in [0.5, 0.6) is 0 Å². The van der Waals surface area contributed by atoms with E-state index in [4.69, 9.17) is 4.74 Å². The number of β-amino-alcohol motifs (C(OH)–C–C–N with tert-alkyl or cyclic N) is 1. The molecule has 0 bridgehead atoms. The van der Waals surface area contributed by atoms with Crippen LogP contribution >= 0.6 is 0 Å². The first kappa shape index (κ1) is 20.1. The highest BCUT2D eigenvalue weighted by molar-refractivity contribution is 5.68. The molecule has 0 spiro atoms. The van der Waals surface area contributed by atoms with Gasteiger partial charge in [-0.1, -0.05) is 12.1 Å². The number of nitrogens with one attached hydrogen (secondary N) is 1. The van der Waals surface area contributed by atoms with Crippen molar-refractivity contribution in [3.63, 3.8) is 0 Å². The molecule has 29 heavy (non-hydrogen) atoms. The highest BCUT2D eigenvalue weighted by atomic mass is 19.3. The topological polar surface area (TPSA) is 70.5 Å². The van der Waals surface area contributed by atoms with Crippen LogP contribution in [0.3, 0.4) is 0 Å². The Morgan fingerprint density at radius 2 is 2.14 bits per heavy atom. The van der Waals surface area contributed by atoms with Gasteiger partial charge in [-0.15, -0.1) is 0 Å². The molecule has 2 heterocycles. The normalized spacial score (nSPS) is 22.5. The summed E-state index contributed by atoms with van der Waals surface area (Å²) in [6, 6.07) is 5.64. The number of anilines is 1. The number of aliphatic hydroxyl groups is 1. The molecule has 1 aliphatic heterocycles. The molecule has 1 aromatic carbocycles. The van der Waals surface area contributed by atoms with Crippen molar-refractivity contribution in [2.45, 2.75) is 51.4 Å². The number of hydrogen-bond acceptors (Lipinski definition) is 6. The maximum atomic E-state index is 14.5. The van der Waals surface area contributed by atoms with Gasteiger partial charge >= 0.3 is 0 Å². The van der Waals surface area contributed by atoms with E-state index < -0.39 is 12.0 Å². The van der Waals surface area contributed by atoms with Crippen molar-refractivity contribution in [2.75, 3.05) is 25.2 Å². The van der Waals surface area contributed by atoms with Crippen molar-refractivity contribution in [3.05, 3.63) is 40.6 Å². The van der Waals surface area contributed by atoms with Gasteiger partial charge in [-0.2, -0.15) is 8.78 Å². The zero-order chi connectivity index (χ0) is 20.8. The fraction of sp³-hybridized carbons (Fsp3) is 0.524. The molecule has 8 heteroatoms. The summed E-state index contributed by atoms with van der Waals surface area (Å²) in [4.78, 5) is 10.7. The number of ether oxygens (including phenoxy) is 1. The predicted octanol–water partition coefficient (Wildman–Crippen LogP) is 2.75. The minimum atomic E-state index is -2.96. The summed E-state index contributed by atoms with van der Waals surface area (Å²) in [5.74, 6) is -2.70. The zero-order valence-electron chi connectivity index (χ0n) is 16.9. The summed E-state index contributed by atoms with van der Waals surface area (Å²) in [7, 11) is 1.81. The van der Waals surface area contributed by atoms with Gasteiger partial charge < -0.3 is 14.7 Å². The van der Waals surface area contributed by atoms with Gasteiger partial charge in [0.05, 0.1) is 31.2 Å². The van der Waals surface area contributed by atoms with Crippen LogP contribution in [0.1, 0.15) is 35.7 Å². The number of hydrogen-bond donors (Lipinski definition) is 2. The molecule has 0 amide bonds. The van der Waals surface area contributed by atoms with E-state index in [-0.39, 0.29) is 30.5 Å². The molecule has 1 fully saturated rings. The van der Waals surface area contributed by atoms with Crippen LogP contribution in [0.25, 0.3) is 11.3 Å². The lowest BCUT2D eigenvalue weighted by atomic mass is 9.99. The Bertz CT molecular complexity index is 922. The van der Waals surface area contributed by atoms with Crippen molar-refractivity contribution in [3.8, 4) is 11.3 Å². The molecule has 0 radical (unpaired) electrons. The Morgan fingerprint density at radius 3 is 2.83 bits per heavy atom. The third kappa shape index (κ3) is 3.60. The van der Waals surface area contributed by atoms with Gasteiger partial charge in [-0.3, -0.25) is 5.32 Å². The van der Waals surface area contributed by atoms with Gasteiger partial charge in [0, 0.05) is 24.1 Å². The van der Waals surface area contributed by atoms with Crippen molar-refractivity contribution < 1.29 is 18.6 Å². The largest absolute Gasteiger partial charge is 0.389 e. The van der Waals surface area contributed by atoms with Crippen LogP contribution in [0.4, 0.5) is 14.7 Å². The van der Waals surface area contributed by atoms with Crippen LogP contribution in [0.15, 0.2) is 18.2 Å². The predicted molar refractivity (Wildman–Crippen MR) is 106 cm³/mol. The number of rotatable bonds is 6. The minimum absolute atomic E-state index is 0.181. The number of benzene rings is 1. The number of alkyl halides is 2. The summed E-state index contributed by atoms with van der Waals surface area (Å²) in [6.45, 7) is 5.03. The van der Waals surface area contributed by atoms with Crippen LogP contribution in [0, 0.1) is 6.92 Å². The maximum Gasteiger partial charge on any atom is 0.290 e. The molecule has 2 aromatic rings. The summed E-state index contributed by atoms with van der Waals surface area (Å²) >= 11 is 0. The van der Waals surface area contributed by atoms with E-state index in [1.54, 1.807) is 4.90 Å². The fourth-order valence-corrected chi connectivity index (χ4v) is 3.87. The SMILES string of the molecule is CNCOCc1cc(-c2nc(N3CC(O)[C@@H]3C)nc3c2CCC3(F)F)ccc1C. The van der Waals surface area contributed by atoms with E-state index in [9.17, 15) is 13.9 Å². The van der Waals surface area contributed by atoms with Crippen LogP contribution in [0.2, 0.25) is 0 Å². The van der Waals surface area contributed by atoms with E-state index in [0.29, 0.717) is 31.1 Å². The highest BCUT2D eigenvalue weighted by Gasteiger charge is 2.45. The third-order valence-corrected chi connectivity index (χ3v) is 5.85. The van der Waals surface area contributed by atoms with Gasteiger partial charge in [0.2, 0.25) is 5.95 Å². The molecule has 1 unspecified atom stereocenters. The maximum absolute atomic E-state index is 14.5. The number of aliphatic hydroxyl groups excluding tert-OH is 1. The van der Waals surface area contributed by atoms with Crippen LogP contribution < -0.4 is 10.2 Å². The summed E-state index contributed by atoms with van der Waals surface area (Å²) in [5.41, 5.74) is 3.72. The van der Waals surface area contributed by atoms with Crippen LogP contribution in [-0.4, -0.2) is 47.5 Å². The average Bonchev–Trinajstić information content (AvgIpc) is 3.01. The second-order valence-electron chi connectivity index (χ2n) is 7.85.